The Morgan fingerprint density at radius 3 is 2.57 bits per heavy atom. The van der Waals surface area contributed by atoms with Crippen LogP contribution < -0.4 is 39.1 Å². The number of carbonyl (C=O) groups is 2. The summed E-state index contributed by atoms with van der Waals surface area (Å²) >= 11 is 5.73. The van der Waals surface area contributed by atoms with E-state index in [1.54, 1.807) is 13.8 Å². The molecule has 10 nitrogen and oxygen atoms in total. The first kappa shape index (κ1) is 24.1. The normalized spacial score (nSPS) is 10.4. The fourth-order valence-electron chi connectivity index (χ4n) is 1.85. The molecule has 0 saturated carbocycles. The van der Waals surface area contributed by atoms with Crippen LogP contribution in [0, 0.1) is 6.92 Å². The molecule has 13 heteroatoms. The monoisotopic (exact) mass is 436 g/mol. The van der Waals surface area contributed by atoms with Crippen LogP contribution in [-0.4, -0.2) is 37.0 Å². The number of urea groups is 1. The summed E-state index contributed by atoms with van der Waals surface area (Å²) in [6.07, 6.45) is 0. The van der Waals surface area contributed by atoms with Gasteiger partial charge in [0.15, 0.2) is 11.8 Å². The third-order valence-corrected chi connectivity index (χ3v) is 3.79. The van der Waals surface area contributed by atoms with Crippen molar-refractivity contribution < 1.29 is 56.5 Å². The predicted octanol–water partition coefficient (Wildman–Crippen LogP) is -0.151. The van der Waals surface area contributed by atoms with Crippen LogP contribution in [0.25, 0.3) is 4.72 Å². The molecule has 0 fully saturated rings. The minimum Gasteiger partial charge on any atom is -0.462 e. The zero-order valence-corrected chi connectivity index (χ0v) is 18.7. The maximum absolute atomic E-state index is 12.0. The van der Waals surface area contributed by atoms with Crippen molar-refractivity contribution in [1.82, 2.24) is 9.97 Å². The van der Waals surface area contributed by atoms with Gasteiger partial charge in [-0.15, -0.1) is 0 Å². The van der Waals surface area contributed by atoms with Gasteiger partial charge >= 0.3 is 45.8 Å². The number of para-hydroxylation sites is 1. The Balaban J connectivity index is 0.00000392. The number of carbonyl (C=O) groups excluding carboxylic acids is 2. The fourth-order valence-corrected chi connectivity index (χ4v) is 2.75. The molecule has 2 aromatic rings. The number of benzene rings is 1. The van der Waals surface area contributed by atoms with Crippen LogP contribution >= 0.6 is 11.6 Å². The van der Waals surface area contributed by atoms with Crippen molar-refractivity contribution in [3.05, 3.63) is 51.5 Å². The summed E-state index contributed by atoms with van der Waals surface area (Å²) in [6, 6.07) is 5.61. The molecule has 2 amide bonds. The van der Waals surface area contributed by atoms with Crippen LogP contribution in [0.1, 0.15) is 23.0 Å². The number of anilines is 1. The zero-order chi connectivity index (χ0) is 20.0. The van der Waals surface area contributed by atoms with Crippen LogP contribution in [0.5, 0.6) is 5.75 Å². The molecule has 0 unspecified atom stereocenters. The molecule has 2 rings (SSSR count). The number of amides is 2. The van der Waals surface area contributed by atoms with Crippen molar-refractivity contribution in [2.24, 2.45) is 0 Å². The summed E-state index contributed by atoms with van der Waals surface area (Å²) in [5, 5.41) is 2.12. The van der Waals surface area contributed by atoms with E-state index in [1.807, 2.05) is 0 Å². The minimum absolute atomic E-state index is 0. The largest absolute Gasteiger partial charge is 1.00 e. The quantitative estimate of drug-likeness (QED) is 0.374. The van der Waals surface area contributed by atoms with Gasteiger partial charge in [-0.1, -0.05) is 23.7 Å². The van der Waals surface area contributed by atoms with Crippen LogP contribution in [-0.2, 0) is 15.0 Å². The molecule has 144 valence electrons. The summed E-state index contributed by atoms with van der Waals surface area (Å²) in [4.78, 5) is 31.2. The summed E-state index contributed by atoms with van der Waals surface area (Å²) in [7, 11) is -4.73. The standard InChI is InChI=1S/C15H15ClN4O6S.Na/c1-3-25-13(21)10-6-4-5-7-11(10)26-27(23,24)20-15(22)19-14-17-9(2)8-12(16)18-14;/h4-8H,3H2,1-2H3,(H2,17,18,19,20,22);/q;+1/p-1. The van der Waals surface area contributed by atoms with E-state index in [9.17, 15) is 18.0 Å². The fraction of sp³-hybridized carbons (Fsp3) is 0.200. The zero-order valence-electron chi connectivity index (χ0n) is 15.2. The van der Waals surface area contributed by atoms with Crippen LogP contribution in [0.2, 0.25) is 5.15 Å². The first-order chi connectivity index (χ1) is 12.7. The van der Waals surface area contributed by atoms with Gasteiger partial charge in [0.2, 0.25) is 0 Å². The van der Waals surface area contributed by atoms with Crippen molar-refractivity contribution in [2.45, 2.75) is 13.8 Å². The summed E-state index contributed by atoms with van der Waals surface area (Å²) in [5.41, 5.74) is 0.320. The van der Waals surface area contributed by atoms with Gasteiger partial charge in [-0.2, -0.15) is 8.42 Å². The summed E-state index contributed by atoms with van der Waals surface area (Å²) in [5.74, 6) is -1.34. The minimum atomic E-state index is -4.73. The molecule has 0 atom stereocenters. The summed E-state index contributed by atoms with van der Waals surface area (Å²) in [6.45, 7) is 3.29. The topological polar surface area (TPSA) is 139 Å². The van der Waals surface area contributed by atoms with Crippen molar-refractivity contribution in [1.29, 1.82) is 0 Å². The predicted molar refractivity (Wildman–Crippen MR) is 96.1 cm³/mol. The van der Waals surface area contributed by atoms with E-state index in [-0.39, 0.29) is 58.6 Å². The van der Waals surface area contributed by atoms with Crippen molar-refractivity contribution in [2.75, 3.05) is 11.9 Å². The second kappa shape index (κ2) is 10.6. The average molecular weight is 437 g/mol. The molecule has 0 aliphatic heterocycles. The van der Waals surface area contributed by atoms with Gasteiger partial charge < -0.3 is 14.2 Å². The van der Waals surface area contributed by atoms with Gasteiger partial charge in [0.05, 0.1) is 6.61 Å². The van der Waals surface area contributed by atoms with Crippen molar-refractivity contribution in [3.63, 3.8) is 0 Å². The molecule has 0 aliphatic rings. The van der Waals surface area contributed by atoms with E-state index in [2.05, 4.69) is 20.0 Å². The second-order valence-electron chi connectivity index (χ2n) is 4.90. The molecule has 1 aromatic heterocycles. The Morgan fingerprint density at radius 1 is 1.25 bits per heavy atom. The molecular weight excluding hydrogens is 423 g/mol. The SMILES string of the molecule is CCOC(=O)c1ccccc1OS(=O)(=O)[N-]C(=O)Nc1nc(C)cc(Cl)n1.[Na+]. The van der Waals surface area contributed by atoms with E-state index in [1.165, 1.54) is 30.3 Å². The van der Waals surface area contributed by atoms with E-state index in [4.69, 9.17) is 20.5 Å². The first-order valence-electron chi connectivity index (χ1n) is 7.46. The second-order valence-corrected chi connectivity index (χ2v) is 6.50. The maximum atomic E-state index is 12.0. The van der Waals surface area contributed by atoms with Gasteiger partial charge in [-0.25, -0.2) is 14.8 Å². The molecule has 1 N–H and O–H groups in total. The van der Waals surface area contributed by atoms with Gasteiger partial charge in [-0.3, -0.25) is 9.52 Å². The Morgan fingerprint density at radius 2 is 1.93 bits per heavy atom. The third-order valence-electron chi connectivity index (χ3n) is 2.81. The number of aromatic nitrogens is 2. The molecule has 0 aliphatic carbocycles. The van der Waals surface area contributed by atoms with Gasteiger partial charge in [0.25, 0.3) is 0 Å². The smallest absolute Gasteiger partial charge is 0.462 e. The van der Waals surface area contributed by atoms with E-state index >= 15 is 0 Å². The number of rotatable bonds is 6. The Labute approximate surface area is 188 Å². The molecule has 0 spiro atoms. The molecule has 1 heterocycles. The maximum Gasteiger partial charge on any atom is 1.00 e. The van der Waals surface area contributed by atoms with Crippen LogP contribution in [0.4, 0.5) is 10.7 Å². The van der Waals surface area contributed by atoms with Crippen molar-refractivity contribution >= 4 is 39.9 Å². The molecule has 0 radical (unpaired) electrons. The number of hydrogen-bond donors (Lipinski definition) is 1. The van der Waals surface area contributed by atoms with Gasteiger partial charge in [-0.05, 0) is 32.0 Å². The number of esters is 1. The Bertz CT molecular complexity index is 953. The third kappa shape index (κ3) is 7.24. The van der Waals surface area contributed by atoms with E-state index < -0.39 is 22.3 Å². The number of halogens is 1. The number of ether oxygens (including phenoxy) is 1. The van der Waals surface area contributed by atoms with E-state index in [0.29, 0.717) is 5.69 Å². The summed E-state index contributed by atoms with van der Waals surface area (Å²) < 4.78 is 36.5. The van der Waals surface area contributed by atoms with Crippen LogP contribution in [0.15, 0.2) is 30.3 Å². The van der Waals surface area contributed by atoms with E-state index in [0.717, 1.165) is 0 Å². The molecule has 1 aromatic carbocycles. The first-order valence-corrected chi connectivity index (χ1v) is 9.20. The number of nitrogens with one attached hydrogen (secondary N) is 1. The number of nitrogens with zero attached hydrogens (tertiary/aromatic N) is 3. The van der Waals surface area contributed by atoms with Crippen molar-refractivity contribution in [3.8, 4) is 5.75 Å². The van der Waals surface area contributed by atoms with Gasteiger partial charge in [0.1, 0.15) is 16.7 Å². The Kier molecular flexibility index (Phi) is 9.11. The number of aryl methyl sites for hydroxylation is 1. The Hall–Kier alpha value is -1.92. The molecule has 0 saturated heterocycles. The number of hydrogen-bond acceptors (Lipinski definition) is 8. The van der Waals surface area contributed by atoms with Gasteiger partial charge in [0, 0.05) is 5.69 Å². The molecular formula is C15H14ClN4NaO6S. The molecule has 28 heavy (non-hydrogen) atoms. The van der Waals surface area contributed by atoms with Crippen LogP contribution in [0.3, 0.4) is 0 Å². The molecule has 0 bridgehead atoms. The average Bonchev–Trinajstić information content (AvgIpc) is 2.53.